The lowest BCUT2D eigenvalue weighted by molar-refractivity contribution is 0.0923. The summed E-state index contributed by atoms with van der Waals surface area (Å²) in [5, 5.41) is 4.16. The molecule has 0 saturated carbocycles. The van der Waals surface area contributed by atoms with Crippen LogP contribution in [0.3, 0.4) is 0 Å². The average Bonchev–Trinajstić information content (AvgIpc) is 2.75. The molecule has 148 valence electrons. The molecule has 0 aliphatic heterocycles. The lowest BCUT2D eigenvalue weighted by Gasteiger charge is -2.14. The van der Waals surface area contributed by atoms with Crippen LogP contribution in [0, 0.1) is 6.92 Å². The van der Waals surface area contributed by atoms with Gasteiger partial charge in [-0.15, -0.1) is 0 Å². The van der Waals surface area contributed by atoms with Gasteiger partial charge in [-0.2, -0.15) is 0 Å². The number of carbonyl (C=O) groups excluding carboxylic acids is 1. The van der Waals surface area contributed by atoms with Gasteiger partial charge in [0.2, 0.25) is 5.76 Å². The van der Waals surface area contributed by atoms with Crippen molar-refractivity contribution in [3.05, 3.63) is 81.9 Å². The number of rotatable bonds is 5. The van der Waals surface area contributed by atoms with Crippen molar-refractivity contribution in [3.63, 3.8) is 0 Å². The molecule has 1 N–H and O–H groups in total. The average molecular weight is 387 g/mol. The van der Waals surface area contributed by atoms with Gasteiger partial charge in [0.25, 0.3) is 5.91 Å². The minimum atomic E-state index is -0.489. The summed E-state index contributed by atoms with van der Waals surface area (Å²) in [5.74, 6) is -0.269. The van der Waals surface area contributed by atoms with Crippen molar-refractivity contribution < 1.29 is 9.21 Å². The van der Waals surface area contributed by atoms with Gasteiger partial charge >= 0.3 is 5.63 Å². The molecule has 4 nitrogen and oxygen atoms in total. The van der Waals surface area contributed by atoms with Crippen LogP contribution in [0.2, 0.25) is 0 Å². The van der Waals surface area contributed by atoms with Gasteiger partial charge in [0.15, 0.2) is 0 Å². The molecule has 0 unspecified atom stereocenters. The first-order valence-corrected chi connectivity index (χ1v) is 10.2. The number of aryl methyl sites for hydroxylation is 1. The molecule has 3 aromatic rings. The van der Waals surface area contributed by atoms with Crippen LogP contribution in [0.25, 0.3) is 21.9 Å². The molecule has 4 rings (SSSR count). The van der Waals surface area contributed by atoms with Crippen LogP contribution in [0.5, 0.6) is 0 Å². The fourth-order valence-corrected chi connectivity index (χ4v) is 3.92. The maximum Gasteiger partial charge on any atom is 0.344 e. The maximum absolute atomic E-state index is 13.0. The summed E-state index contributed by atoms with van der Waals surface area (Å²) in [5.41, 5.74) is 3.55. The number of fused-ring (bicyclic) bond motifs is 1. The van der Waals surface area contributed by atoms with Crippen LogP contribution in [0.4, 0.5) is 0 Å². The molecule has 1 aliphatic rings. The molecular weight excluding hydrogens is 362 g/mol. The Morgan fingerprint density at radius 3 is 2.52 bits per heavy atom. The van der Waals surface area contributed by atoms with Crippen molar-refractivity contribution in [2.24, 2.45) is 0 Å². The van der Waals surface area contributed by atoms with Gasteiger partial charge in [-0.05, 0) is 50.7 Å². The van der Waals surface area contributed by atoms with E-state index in [0.29, 0.717) is 17.5 Å². The number of nitrogens with one attached hydrogen (secondary N) is 1. The summed E-state index contributed by atoms with van der Waals surface area (Å²) in [4.78, 5) is 25.5. The van der Waals surface area contributed by atoms with Gasteiger partial charge in [-0.25, -0.2) is 4.79 Å². The topological polar surface area (TPSA) is 59.3 Å². The van der Waals surface area contributed by atoms with Crippen LogP contribution in [0.1, 0.15) is 48.2 Å². The second kappa shape index (κ2) is 8.48. The molecule has 0 atom stereocenters. The number of benzene rings is 2. The van der Waals surface area contributed by atoms with Crippen LogP contribution < -0.4 is 10.9 Å². The summed E-state index contributed by atoms with van der Waals surface area (Å²) in [6.45, 7) is 2.55. The van der Waals surface area contributed by atoms with Gasteiger partial charge < -0.3 is 9.73 Å². The molecule has 1 aliphatic carbocycles. The van der Waals surface area contributed by atoms with Gasteiger partial charge in [-0.1, -0.05) is 59.7 Å². The SMILES string of the molecule is Cc1ccc(-c2c(C(=O)NCCC3=CCCCC3)oc(=O)c3ccccc23)cc1. The third-order valence-corrected chi connectivity index (χ3v) is 5.50. The van der Waals surface area contributed by atoms with Gasteiger partial charge in [0, 0.05) is 17.5 Å². The highest BCUT2D eigenvalue weighted by Gasteiger charge is 2.21. The van der Waals surface area contributed by atoms with E-state index in [0.717, 1.165) is 35.8 Å². The molecule has 1 heterocycles. The molecule has 0 bridgehead atoms. The van der Waals surface area contributed by atoms with E-state index in [9.17, 15) is 9.59 Å². The Morgan fingerprint density at radius 2 is 1.79 bits per heavy atom. The predicted octanol–water partition coefficient (Wildman–Crippen LogP) is 5.39. The first-order chi connectivity index (χ1) is 14.1. The Hall–Kier alpha value is -3.14. The Bertz CT molecular complexity index is 1120. The lowest BCUT2D eigenvalue weighted by Crippen LogP contribution is -2.26. The van der Waals surface area contributed by atoms with Crippen molar-refractivity contribution in [1.82, 2.24) is 5.32 Å². The minimum absolute atomic E-state index is 0.0789. The Labute approximate surface area is 170 Å². The lowest BCUT2D eigenvalue weighted by atomic mass is 9.96. The van der Waals surface area contributed by atoms with E-state index in [4.69, 9.17) is 4.42 Å². The zero-order valence-corrected chi connectivity index (χ0v) is 16.7. The van der Waals surface area contributed by atoms with E-state index in [1.54, 1.807) is 12.1 Å². The van der Waals surface area contributed by atoms with E-state index < -0.39 is 5.63 Å². The van der Waals surface area contributed by atoms with Crippen molar-refractivity contribution in [1.29, 1.82) is 0 Å². The zero-order valence-electron chi connectivity index (χ0n) is 16.7. The first-order valence-electron chi connectivity index (χ1n) is 10.2. The second-order valence-electron chi connectivity index (χ2n) is 7.62. The normalized spacial score (nSPS) is 13.9. The third kappa shape index (κ3) is 4.16. The van der Waals surface area contributed by atoms with E-state index in [-0.39, 0.29) is 11.7 Å². The highest BCUT2D eigenvalue weighted by molar-refractivity contribution is 6.07. The molecule has 0 radical (unpaired) electrons. The monoisotopic (exact) mass is 387 g/mol. The van der Waals surface area contributed by atoms with Gasteiger partial charge in [0.1, 0.15) is 0 Å². The summed E-state index contributed by atoms with van der Waals surface area (Å²) >= 11 is 0. The number of allylic oxidation sites excluding steroid dienone is 1. The van der Waals surface area contributed by atoms with E-state index in [2.05, 4.69) is 11.4 Å². The number of amides is 1. The second-order valence-corrected chi connectivity index (χ2v) is 7.62. The molecule has 0 fully saturated rings. The quantitative estimate of drug-likeness (QED) is 0.597. The standard InChI is InChI=1S/C25H25NO3/c1-17-11-13-19(14-12-17)22-20-9-5-6-10-21(20)25(28)29-23(22)24(27)26-16-15-18-7-3-2-4-8-18/h5-7,9-14H,2-4,8,15-16H2,1H3,(H,26,27). The smallest absolute Gasteiger partial charge is 0.344 e. The number of hydrogen-bond acceptors (Lipinski definition) is 3. The maximum atomic E-state index is 13.0. The highest BCUT2D eigenvalue weighted by Crippen LogP contribution is 2.31. The molecule has 2 aromatic carbocycles. The predicted molar refractivity (Wildman–Crippen MR) is 116 cm³/mol. The van der Waals surface area contributed by atoms with Crippen molar-refractivity contribution in [3.8, 4) is 11.1 Å². The summed E-state index contributed by atoms with van der Waals surface area (Å²) < 4.78 is 5.53. The van der Waals surface area contributed by atoms with E-state index in [1.165, 1.54) is 18.4 Å². The minimum Gasteiger partial charge on any atom is -0.416 e. The Kier molecular flexibility index (Phi) is 5.61. The molecule has 1 aromatic heterocycles. The fraction of sp³-hybridized carbons (Fsp3) is 0.280. The molecule has 4 heteroatoms. The molecular formula is C25H25NO3. The first kappa shape index (κ1) is 19.2. The van der Waals surface area contributed by atoms with E-state index >= 15 is 0 Å². The van der Waals surface area contributed by atoms with E-state index in [1.807, 2.05) is 43.3 Å². The van der Waals surface area contributed by atoms with Gasteiger partial charge in [0.05, 0.1) is 5.39 Å². The van der Waals surface area contributed by atoms with Crippen LogP contribution in [-0.2, 0) is 0 Å². The third-order valence-electron chi connectivity index (χ3n) is 5.50. The Balaban J connectivity index is 1.70. The summed E-state index contributed by atoms with van der Waals surface area (Å²) in [7, 11) is 0. The summed E-state index contributed by atoms with van der Waals surface area (Å²) in [6.07, 6.45) is 7.82. The van der Waals surface area contributed by atoms with Crippen LogP contribution >= 0.6 is 0 Å². The van der Waals surface area contributed by atoms with Crippen LogP contribution in [-0.4, -0.2) is 12.5 Å². The molecule has 1 amide bonds. The Morgan fingerprint density at radius 1 is 1.03 bits per heavy atom. The number of carbonyl (C=O) groups is 1. The molecule has 0 saturated heterocycles. The van der Waals surface area contributed by atoms with Crippen molar-refractivity contribution >= 4 is 16.7 Å². The van der Waals surface area contributed by atoms with Crippen LogP contribution in [0.15, 0.2) is 69.4 Å². The fourth-order valence-electron chi connectivity index (χ4n) is 3.92. The number of hydrogen-bond donors (Lipinski definition) is 1. The molecule has 29 heavy (non-hydrogen) atoms. The molecule has 0 spiro atoms. The van der Waals surface area contributed by atoms with Crippen molar-refractivity contribution in [2.75, 3.05) is 6.54 Å². The zero-order chi connectivity index (χ0) is 20.2. The largest absolute Gasteiger partial charge is 0.416 e. The van der Waals surface area contributed by atoms with Crippen molar-refractivity contribution in [2.45, 2.75) is 39.0 Å². The van der Waals surface area contributed by atoms with Gasteiger partial charge in [-0.3, -0.25) is 4.79 Å². The summed E-state index contributed by atoms with van der Waals surface area (Å²) in [6, 6.07) is 15.2. The highest BCUT2D eigenvalue weighted by atomic mass is 16.4.